The van der Waals surface area contributed by atoms with E-state index < -0.39 is 5.82 Å². The van der Waals surface area contributed by atoms with Gasteiger partial charge in [-0.1, -0.05) is 11.6 Å². The van der Waals surface area contributed by atoms with Gasteiger partial charge in [0.1, 0.15) is 5.82 Å². The molecule has 0 saturated carbocycles. The van der Waals surface area contributed by atoms with Crippen LogP contribution in [0.3, 0.4) is 0 Å². The Bertz CT molecular complexity index is 455. The van der Waals surface area contributed by atoms with Gasteiger partial charge in [0.25, 0.3) is 5.91 Å². The first-order chi connectivity index (χ1) is 8.63. The van der Waals surface area contributed by atoms with Gasteiger partial charge >= 0.3 is 0 Å². The average Bonchev–Trinajstić information content (AvgIpc) is 2.38. The highest BCUT2D eigenvalue weighted by atomic mass is 35.5. The van der Waals surface area contributed by atoms with Gasteiger partial charge in [-0.2, -0.15) is 0 Å². The Balaban J connectivity index is 2.24. The third-order valence-electron chi connectivity index (χ3n) is 2.86. The predicted molar refractivity (Wildman–Crippen MR) is 64.1 cm³/mol. The molecular formula is C12H13ClFNO3. The molecule has 1 N–H and O–H groups in total. The fourth-order valence-corrected chi connectivity index (χ4v) is 2.14. The smallest absolute Gasteiger partial charge is 0.255 e. The van der Waals surface area contributed by atoms with Gasteiger partial charge in [-0.15, -0.1) is 0 Å². The van der Waals surface area contributed by atoms with Crippen molar-refractivity contribution < 1.29 is 19.0 Å². The topological polar surface area (TPSA) is 49.8 Å². The summed E-state index contributed by atoms with van der Waals surface area (Å²) in [5.41, 5.74) is 0.235. The van der Waals surface area contributed by atoms with Gasteiger partial charge in [0.05, 0.1) is 36.4 Å². The maximum Gasteiger partial charge on any atom is 0.255 e. The van der Waals surface area contributed by atoms with E-state index in [-0.39, 0.29) is 29.1 Å². The Morgan fingerprint density at radius 1 is 1.61 bits per heavy atom. The third-order valence-corrected chi connectivity index (χ3v) is 3.17. The number of amides is 1. The summed E-state index contributed by atoms with van der Waals surface area (Å²) in [5.74, 6) is -0.806. The highest BCUT2D eigenvalue weighted by molar-refractivity contribution is 6.33. The Kier molecular flexibility index (Phi) is 4.16. The van der Waals surface area contributed by atoms with Crippen molar-refractivity contribution in [3.63, 3.8) is 0 Å². The van der Waals surface area contributed by atoms with Gasteiger partial charge in [0.2, 0.25) is 0 Å². The van der Waals surface area contributed by atoms with E-state index in [9.17, 15) is 14.3 Å². The molecule has 1 aliphatic rings. The molecule has 1 saturated heterocycles. The minimum atomic E-state index is -0.489. The van der Waals surface area contributed by atoms with Crippen molar-refractivity contribution in [2.24, 2.45) is 0 Å². The van der Waals surface area contributed by atoms with E-state index in [2.05, 4.69) is 0 Å². The SMILES string of the molecule is O=C(c1ccc(F)cc1Cl)N1CCOC[C@H]1CO. The van der Waals surface area contributed by atoms with Crippen molar-refractivity contribution in [2.45, 2.75) is 6.04 Å². The Morgan fingerprint density at radius 3 is 3.06 bits per heavy atom. The molecule has 1 amide bonds. The zero-order valence-electron chi connectivity index (χ0n) is 9.60. The highest BCUT2D eigenvalue weighted by Gasteiger charge is 2.28. The maximum absolute atomic E-state index is 12.9. The van der Waals surface area contributed by atoms with Crippen molar-refractivity contribution in [1.29, 1.82) is 0 Å². The van der Waals surface area contributed by atoms with Crippen molar-refractivity contribution in [3.8, 4) is 0 Å². The van der Waals surface area contributed by atoms with Crippen LogP contribution in [0.25, 0.3) is 0 Å². The Hall–Kier alpha value is -1.17. The van der Waals surface area contributed by atoms with Crippen LogP contribution in [-0.2, 0) is 4.74 Å². The number of ether oxygens (including phenoxy) is 1. The van der Waals surface area contributed by atoms with Crippen LogP contribution >= 0.6 is 11.6 Å². The summed E-state index contributed by atoms with van der Waals surface area (Å²) < 4.78 is 18.1. The lowest BCUT2D eigenvalue weighted by molar-refractivity contribution is -0.0183. The van der Waals surface area contributed by atoms with Crippen LogP contribution < -0.4 is 0 Å². The van der Waals surface area contributed by atoms with Gasteiger partial charge in [-0.3, -0.25) is 4.79 Å². The van der Waals surface area contributed by atoms with Crippen LogP contribution in [-0.4, -0.2) is 48.3 Å². The molecule has 0 radical (unpaired) electrons. The summed E-state index contributed by atoms with van der Waals surface area (Å²) in [6, 6.07) is 3.26. The van der Waals surface area contributed by atoms with Crippen LogP contribution in [0.2, 0.25) is 5.02 Å². The first kappa shape index (κ1) is 13.3. The number of hydrogen-bond acceptors (Lipinski definition) is 3. The molecule has 1 fully saturated rings. The molecule has 2 rings (SSSR count). The molecule has 0 aliphatic carbocycles. The van der Waals surface area contributed by atoms with Crippen molar-refractivity contribution in [1.82, 2.24) is 4.90 Å². The number of nitrogens with zero attached hydrogens (tertiary/aromatic N) is 1. The first-order valence-electron chi connectivity index (χ1n) is 5.58. The molecule has 0 bridgehead atoms. The normalized spacial score (nSPS) is 19.9. The summed E-state index contributed by atoms with van der Waals surface area (Å²) in [4.78, 5) is 13.8. The standard InChI is InChI=1S/C12H13ClFNO3/c13-11-5-8(14)1-2-10(11)12(17)15-3-4-18-7-9(15)6-16/h1-2,5,9,16H,3-4,6-7H2/t9-/m1/s1. The molecule has 6 heteroatoms. The second-order valence-electron chi connectivity index (χ2n) is 4.03. The molecule has 1 aromatic carbocycles. The number of carbonyl (C=O) groups excluding carboxylic acids is 1. The zero-order valence-corrected chi connectivity index (χ0v) is 10.4. The number of halogens is 2. The summed E-state index contributed by atoms with van der Waals surface area (Å²) in [6.07, 6.45) is 0. The van der Waals surface area contributed by atoms with Crippen molar-refractivity contribution >= 4 is 17.5 Å². The second-order valence-corrected chi connectivity index (χ2v) is 4.44. The van der Waals surface area contributed by atoms with Gasteiger partial charge in [0.15, 0.2) is 0 Å². The van der Waals surface area contributed by atoms with E-state index in [4.69, 9.17) is 16.3 Å². The number of aliphatic hydroxyl groups excluding tert-OH is 1. The van der Waals surface area contributed by atoms with E-state index in [0.717, 1.165) is 6.07 Å². The number of rotatable bonds is 2. The molecule has 1 aliphatic heterocycles. The van der Waals surface area contributed by atoms with Gasteiger partial charge < -0.3 is 14.7 Å². The van der Waals surface area contributed by atoms with Gasteiger partial charge in [-0.05, 0) is 18.2 Å². The molecule has 1 heterocycles. The number of morpholine rings is 1. The van der Waals surface area contributed by atoms with E-state index in [1.165, 1.54) is 17.0 Å². The minimum Gasteiger partial charge on any atom is -0.394 e. The first-order valence-corrected chi connectivity index (χ1v) is 5.96. The van der Waals surface area contributed by atoms with E-state index in [1.54, 1.807) is 0 Å². The zero-order chi connectivity index (χ0) is 13.1. The molecule has 4 nitrogen and oxygen atoms in total. The molecule has 0 spiro atoms. The molecule has 98 valence electrons. The van der Waals surface area contributed by atoms with Crippen molar-refractivity contribution in [2.75, 3.05) is 26.4 Å². The summed E-state index contributed by atoms with van der Waals surface area (Å²) >= 11 is 5.85. The summed E-state index contributed by atoms with van der Waals surface area (Å²) in [7, 11) is 0. The molecule has 1 aromatic rings. The van der Waals surface area contributed by atoms with Crippen LogP contribution in [0.4, 0.5) is 4.39 Å². The molecule has 0 unspecified atom stereocenters. The second kappa shape index (κ2) is 5.65. The Morgan fingerprint density at radius 2 is 2.39 bits per heavy atom. The lowest BCUT2D eigenvalue weighted by atomic mass is 10.1. The Labute approximate surface area is 109 Å². The quantitative estimate of drug-likeness (QED) is 0.884. The lowest BCUT2D eigenvalue weighted by Gasteiger charge is -2.34. The van der Waals surface area contributed by atoms with Crippen LogP contribution in [0.5, 0.6) is 0 Å². The lowest BCUT2D eigenvalue weighted by Crippen LogP contribution is -2.50. The van der Waals surface area contributed by atoms with Gasteiger partial charge in [0, 0.05) is 6.54 Å². The molecular weight excluding hydrogens is 261 g/mol. The highest BCUT2D eigenvalue weighted by Crippen LogP contribution is 2.21. The van der Waals surface area contributed by atoms with Crippen LogP contribution in [0.1, 0.15) is 10.4 Å². The van der Waals surface area contributed by atoms with E-state index >= 15 is 0 Å². The van der Waals surface area contributed by atoms with Gasteiger partial charge in [-0.25, -0.2) is 4.39 Å². The van der Waals surface area contributed by atoms with Crippen molar-refractivity contribution in [3.05, 3.63) is 34.6 Å². The summed E-state index contributed by atoms with van der Waals surface area (Å²) in [5, 5.41) is 9.28. The summed E-state index contributed by atoms with van der Waals surface area (Å²) in [6.45, 7) is 0.921. The number of hydrogen-bond donors (Lipinski definition) is 1. The minimum absolute atomic E-state index is 0.0724. The molecule has 1 atom stereocenters. The molecule has 0 aromatic heterocycles. The number of aliphatic hydroxyl groups is 1. The largest absolute Gasteiger partial charge is 0.394 e. The monoisotopic (exact) mass is 273 g/mol. The fourth-order valence-electron chi connectivity index (χ4n) is 1.89. The fraction of sp³-hybridized carbons (Fsp3) is 0.417. The number of carbonyl (C=O) groups is 1. The van der Waals surface area contributed by atoms with Crippen LogP contribution in [0.15, 0.2) is 18.2 Å². The average molecular weight is 274 g/mol. The molecule has 18 heavy (non-hydrogen) atoms. The van der Waals surface area contributed by atoms with Crippen LogP contribution in [0, 0.1) is 5.82 Å². The third kappa shape index (κ3) is 2.63. The van der Waals surface area contributed by atoms with E-state index in [0.29, 0.717) is 19.8 Å². The predicted octanol–water partition coefficient (Wildman–Crippen LogP) is 1.31. The van der Waals surface area contributed by atoms with E-state index in [1.807, 2.05) is 0 Å². The maximum atomic E-state index is 12.9. The number of benzene rings is 1.